The van der Waals surface area contributed by atoms with Crippen molar-refractivity contribution in [3.8, 4) is 11.1 Å². The Hall–Kier alpha value is -5.94. The molecule has 3 heterocycles. The van der Waals surface area contributed by atoms with Crippen LogP contribution in [0.1, 0.15) is 0 Å². The van der Waals surface area contributed by atoms with Gasteiger partial charge in [0.25, 0.3) is 0 Å². The molecule has 0 fully saturated rings. The van der Waals surface area contributed by atoms with Crippen LogP contribution in [0.4, 0.5) is 17.1 Å². The lowest BCUT2D eigenvalue weighted by Crippen LogP contribution is -2.09. The van der Waals surface area contributed by atoms with Gasteiger partial charge in [-0.15, -0.1) is 22.7 Å². The van der Waals surface area contributed by atoms with Crippen molar-refractivity contribution in [3.63, 3.8) is 0 Å². The summed E-state index contributed by atoms with van der Waals surface area (Å²) in [6, 6.07) is 59.6. The number of thiophene rings is 2. The first kappa shape index (κ1) is 28.0. The van der Waals surface area contributed by atoms with Crippen molar-refractivity contribution < 1.29 is 4.42 Å². The molecule has 0 saturated heterocycles. The van der Waals surface area contributed by atoms with E-state index < -0.39 is 0 Å². The van der Waals surface area contributed by atoms with Crippen molar-refractivity contribution >= 4 is 113 Å². The summed E-state index contributed by atoms with van der Waals surface area (Å²) in [5.74, 6) is 0. The van der Waals surface area contributed by atoms with Crippen LogP contribution in [0, 0.1) is 0 Å². The number of fused-ring (bicyclic) bond motifs is 11. The molecular formula is C46H27NOS2. The highest BCUT2D eigenvalue weighted by Gasteiger charge is 2.18. The summed E-state index contributed by atoms with van der Waals surface area (Å²) >= 11 is 3.72. The molecule has 50 heavy (non-hydrogen) atoms. The number of para-hydroxylation sites is 1. The van der Waals surface area contributed by atoms with Crippen LogP contribution in [-0.4, -0.2) is 0 Å². The van der Waals surface area contributed by atoms with Crippen LogP contribution in [-0.2, 0) is 0 Å². The molecule has 0 radical (unpaired) electrons. The van der Waals surface area contributed by atoms with E-state index in [1.165, 1.54) is 62.2 Å². The lowest BCUT2D eigenvalue weighted by molar-refractivity contribution is 0.669. The first-order valence-corrected chi connectivity index (χ1v) is 18.5. The van der Waals surface area contributed by atoms with Gasteiger partial charge in [0.05, 0.1) is 0 Å². The lowest BCUT2D eigenvalue weighted by atomic mass is 9.98. The van der Waals surface area contributed by atoms with Crippen LogP contribution in [0.3, 0.4) is 0 Å². The van der Waals surface area contributed by atoms with E-state index in [0.29, 0.717) is 0 Å². The minimum atomic E-state index is 0.886. The van der Waals surface area contributed by atoms with Gasteiger partial charge in [0, 0.05) is 74.2 Å². The van der Waals surface area contributed by atoms with Crippen molar-refractivity contribution in [3.05, 3.63) is 164 Å². The van der Waals surface area contributed by atoms with Gasteiger partial charge in [-0.3, -0.25) is 0 Å². The second-order valence-electron chi connectivity index (χ2n) is 12.9. The predicted octanol–water partition coefficient (Wildman–Crippen LogP) is 14.6. The van der Waals surface area contributed by atoms with E-state index in [1.807, 2.05) is 34.8 Å². The molecule has 0 unspecified atom stereocenters. The van der Waals surface area contributed by atoms with Crippen LogP contribution in [0.15, 0.2) is 168 Å². The molecule has 2 nitrogen and oxygen atoms in total. The first-order valence-electron chi connectivity index (χ1n) is 16.8. The molecule has 0 amide bonds. The highest BCUT2D eigenvalue weighted by atomic mass is 32.1. The fourth-order valence-electron chi connectivity index (χ4n) is 7.68. The van der Waals surface area contributed by atoms with Crippen molar-refractivity contribution in [1.29, 1.82) is 0 Å². The highest BCUT2D eigenvalue weighted by molar-refractivity contribution is 7.26. The smallest absolute Gasteiger partial charge is 0.137 e. The van der Waals surface area contributed by atoms with Gasteiger partial charge >= 0.3 is 0 Å². The number of anilines is 3. The molecule has 234 valence electrons. The average Bonchev–Trinajstić information content (AvgIpc) is 3.86. The van der Waals surface area contributed by atoms with Crippen molar-refractivity contribution in [2.24, 2.45) is 0 Å². The zero-order valence-electron chi connectivity index (χ0n) is 26.8. The van der Waals surface area contributed by atoms with E-state index in [0.717, 1.165) is 39.0 Å². The summed E-state index contributed by atoms with van der Waals surface area (Å²) in [5.41, 5.74) is 7.47. The topological polar surface area (TPSA) is 16.4 Å². The monoisotopic (exact) mass is 673 g/mol. The third kappa shape index (κ3) is 4.26. The van der Waals surface area contributed by atoms with Gasteiger partial charge in [0.2, 0.25) is 0 Å². The predicted molar refractivity (Wildman–Crippen MR) is 217 cm³/mol. The number of nitrogens with zero attached hydrogens (tertiary/aromatic N) is 1. The van der Waals surface area contributed by atoms with E-state index in [2.05, 4.69) is 157 Å². The van der Waals surface area contributed by atoms with Crippen LogP contribution in [0.2, 0.25) is 0 Å². The fraction of sp³-hybridized carbons (Fsp3) is 0. The summed E-state index contributed by atoms with van der Waals surface area (Å²) in [5, 5.41) is 10.1. The molecule has 0 atom stereocenters. The molecule has 0 bridgehead atoms. The second-order valence-corrected chi connectivity index (χ2v) is 15.1. The number of furan rings is 1. The van der Waals surface area contributed by atoms with Crippen molar-refractivity contribution in [1.82, 2.24) is 0 Å². The first-order chi connectivity index (χ1) is 24.7. The maximum Gasteiger partial charge on any atom is 0.137 e. The van der Waals surface area contributed by atoms with Gasteiger partial charge in [0.1, 0.15) is 11.2 Å². The number of rotatable bonds is 4. The molecule has 0 aliphatic rings. The van der Waals surface area contributed by atoms with Gasteiger partial charge in [-0.25, -0.2) is 0 Å². The largest absolute Gasteiger partial charge is 0.456 e. The van der Waals surface area contributed by atoms with E-state index in [9.17, 15) is 0 Å². The Morgan fingerprint density at radius 3 is 1.82 bits per heavy atom. The minimum Gasteiger partial charge on any atom is -0.456 e. The molecule has 0 aliphatic carbocycles. The van der Waals surface area contributed by atoms with E-state index >= 15 is 0 Å². The minimum absolute atomic E-state index is 0.886. The summed E-state index contributed by atoms with van der Waals surface area (Å²) in [6.45, 7) is 0. The molecule has 3 aromatic heterocycles. The Kier molecular flexibility index (Phi) is 6.03. The Morgan fingerprint density at radius 2 is 0.960 bits per heavy atom. The summed E-state index contributed by atoms with van der Waals surface area (Å²) < 4.78 is 11.6. The van der Waals surface area contributed by atoms with Gasteiger partial charge < -0.3 is 9.32 Å². The molecule has 4 heteroatoms. The summed E-state index contributed by atoms with van der Waals surface area (Å²) in [7, 11) is 0. The third-order valence-corrected chi connectivity index (χ3v) is 12.3. The molecule has 8 aromatic carbocycles. The van der Waals surface area contributed by atoms with Crippen molar-refractivity contribution in [2.75, 3.05) is 4.90 Å². The van der Waals surface area contributed by atoms with Gasteiger partial charge in [-0.1, -0.05) is 91.0 Å². The SMILES string of the molecule is c1ccc2c(c1)oc1cc(N(c3ccc(-c4ccc5ccc6sc7ccccc7c6c5c4)cc3)c3ccc4c(c3)sc3ccccc34)ccc12. The summed E-state index contributed by atoms with van der Waals surface area (Å²) in [4.78, 5) is 2.35. The van der Waals surface area contributed by atoms with E-state index in [1.54, 1.807) is 0 Å². The van der Waals surface area contributed by atoms with Gasteiger partial charge in [0.15, 0.2) is 0 Å². The van der Waals surface area contributed by atoms with Crippen molar-refractivity contribution in [2.45, 2.75) is 0 Å². The molecule has 0 saturated carbocycles. The van der Waals surface area contributed by atoms with E-state index in [4.69, 9.17) is 4.42 Å². The maximum absolute atomic E-state index is 6.36. The Morgan fingerprint density at radius 1 is 0.360 bits per heavy atom. The quantitative estimate of drug-likeness (QED) is 0.185. The number of benzene rings is 8. The van der Waals surface area contributed by atoms with Crippen LogP contribution in [0.25, 0.3) is 84.2 Å². The number of hydrogen-bond donors (Lipinski definition) is 0. The normalized spacial score (nSPS) is 12.0. The third-order valence-electron chi connectivity index (χ3n) is 10.1. The second kappa shape index (κ2) is 10.8. The fourth-order valence-corrected chi connectivity index (χ4v) is 9.94. The molecule has 11 rings (SSSR count). The zero-order valence-corrected chi connectivity index (χ0v) is 28.4. The maximum atomic E-state index is 6.36. The van der Waals surface area contributed by atoms with Crippen LogP contribution in [0.5, 0.6) is 0 Å². The molecular weight excluding hydrogens is 647 g/mol. The standard InChI is InChI=1S/C46H27NOS2/c1-4-10-40-34(7-1)35-22-20-32(26-41(35)48-40)47(33-21-23-37-36-8-2-5-11-42(36)50-45(37)27-33)31-18-15-28(16-19-31)30-14-13-29-17-24-44-46(39(29)25-30)38-9-3-6-12-43(38)49-44/h1-27H. The van der Waals surface area contributed by atoms with Gasteiger partial charge in [-0.2, -0.15) is 0 Å². The van der Waals surface area contributed by atoms with Crippen LogP contribution < -0.4 is 4.90 Å². The lowest BCUT2D eigenvalue weighted by Gasteiger charge is -2.26. The van der Waals surface area contributed by atoms with E-state index in [-0.39, 0.29) is 0 Å². The highest BCUT2D eigenvalue weighted by Crippen LogP contribution is 2.43. The van der Waals surface area contributed by atoms with Gasteiger partial charge in [-0.05, 0) is 88.6 Å². The summed E-state index contributed by atoms with van der Waals surface area (Å²) in [6.07, 6.45) is 0. The Labute approximate surface area is 295 Å². The molecule has 0 spiro atoms. The molecule has 0 aliphatic heterocycles. The molecule has 11 aromatic rings. The molecule has 0 N–H and O–H groups in total. The Bertz CT molecular complexity index is 2990. The zero-order chi connectivity index (χ0) is 32.8. The average molecular weight is 674 g/mol. The van der Waals surface area contributed by atoms with Crippen LogP contribution >= 0.6 is 22.7 Å². The Balaban J connectivity index is 1.06. The number of hydrogen-bond acceptors (Lipinski definition) is 4.